The van der Waals surface area contributed by atoms with E-state index in [1.807, 2.05) is 0 Å². The number of benzene rings is 2. The number of nitrogen functional groups attached to an aromatic ring is 1. The number of halogens is 2. The average Bonchev–Trinajstić information content (AvgIpc) is 2.77. The van der Waals surface area contributed by atoms with Gasteiger partial charge in [-0.3, -0.25) is 0 Å². The van der Waals surface area contributed by atoms with Crippen LogP contribution in [0.1, 0.15) is 11.1 Å². The standard InChI is InChI=1S/C15H12Cl2N2S/c1-7-3-8(2)14-13(4-7)20-15(19-14)9-5-12(18)11(17)6-10(9)16/h3-6H,18H2,1-2H3. The maximum Gasteiger partial charge on any atom is 0.126 e. The number of thiazole rings is 1. The number of nitrogens with zero attached hydrogens (tertiary/aromatic N) is 1. The van der Waals surface area contributed by atoms with E-state index in [-0.39, 0.29) is 0 Å². The number of nitrogens with two attached hydrogens (primary N) is 1. The van der Waals surface area contributed by atoms with Gasteiger partial charge in [0.05, 0.1) is 25.9 Å². The van der Waals surface area contributed by atoms with Gasteiger partial charge in [-0.25, -0.2) is 4.98 Å². The first kappa shape index (κ1) is 13.7. The van der Waals surface area contributed by atoms with Gasteiger partial charge in [-0.2, -0.15) is 0 Å². The topological polar surface area (TPSA) is 38.9 Å². The Balaban J connectivity index is 2.25. The second-order valence-electron chi connectivity index (χ2n) is 4.80. The first-order valence-corrected chi connectivity index (χ1v) is 7.65. The van der Waals surface area contributed by atoms with Crippen LogP contribution in [0.25, 0.3) is 20.8 Å². The second kappa shape index (κ2) is 4.92. The Morgan fingerprint density at radius 2 is 1.80 bits per heavy atom. The van der Waals surface area contributed by atoms with Gasteiger partial charge in [0.1, 0.15) is 5.01 Å². The minimum atomic E-state index is 0.465. The summed E-state index contributed by atoms with van der Waals surface area (Å²) in [7, 11) is 0. The lowest BCUT2D eigenvalue weighted by molar-refractivity contribution is 1.38. The van der Waals surface area contributed by atoms with Crippen LogP contribution in [0.4, 0.5) is 5.69 Å². The van der Waals surface area contributed by atoms with E-state index in [1.165, 1.54) is 11.1 Å². The summed E-state index contributed by atoms with van der Waals surface area (Å²) in [5.74, 6) is 0. The van der Waals surface area contributed by atoms with Crippen LogP contribution in [-0.2, 0) is 0 Å². The fourth-order valence-corrected chi connectivity index (χ4v) is 3.92. The molecule has 0 atom stereocenters. The number of hydrogen-bond acceptors (Lipinski definition) is 3. The van der Waals surface area contributed by atoms with Gasteiger partial charge < -0.3 is 5.73 Å². The first-order chi connectivity index (χ1) is 9.45. The maximum absolute atomic E-state index is 6.26. The van der Waals surface area contributed by atoms with E-state index in [4.69, 9.17) is 33.9 Å². The van der Waals surface area contributed by atoms with Crippen molar-refractivity contribution < 1.29 is 0 Å². The van der Waals surface area contributed by atoms with E-state index in [0.29, 0.717) is 15.7 Å². The van der Waals surface area contributed by atoms with Gasteiger partial charge in [0.15, 0.2) is 0 Å². The fourth-order valence-electron chi connectivity index (χ4n) is 2.22. The SMILES string of the molecule is Cc1cc(C)c2nc(-c3cc(N)c(Cl)cc3Cl)sc2c1. The highest BCUT2D eigenvalue weighted by Gasteiger charge is 2.13. The molecule has 2 aromatic carbocycles. The van der Waals surface area contributed by atoms with Crippen molar-refractivity contribution in [2.24, 2.45) is 0 Å². The molecule has 0 fully saturated rings. The van der Waals surface area contributed by atoms with Crippen LogP contribution >= 0.6 is 34.5 Å². The van der Waals surface area contributed by atoms with Gasteiger partial charge in [0.25, 0.3) is 0 Å². The Morgan fingerprint density at radius 3 is 2.55 bits per heavy atom. The van der Waals surface area contributed by atoms with Gasteiger partial charge in [0, 0.05) is 5.56 Å². The summed E-state index contributed by atoms with van der Waals surface area (Å²) >= 11 is 13.8. The number of aromatic nitrogens is 1. The fraction of sp³-hybridized carbons (Fsp3) is 0.133. The summed E-state index contributed by atoms with van der Waals surface area (Å²) in [4.78, 5) is 4.69. The summed E-state index contributed by atoms with van der Waals surface area (Å²) in [6.45, 7) is 4.15. The monoisotopic (exact) mass is 322 g/mol. The molecular formula is C15H12Cl2N2S. The van der Waals surface area contributed by atoms with Gasteiger partial charge in [-0.1, -0.05) is 29.3 Å². The molecular weight excluding hydrogens is 311 g/mol. The van der Waals surface area contributed by atoms with E-state index in [1.54, 1.807) is 23.5 Å². The molecule has 3 aromatic rings. The summed E-state index contributed by atoms with van der Waals surface area (Å²) in [5.41, 5.74) is 10.6. The Morgan fingerprint density at radius 1 is 1.05 bits per heavy atom. The molecule has 0 unspecified atom stereocenters. The molecule has 0 aliphatic rings. The average molecular weight is 323 g/mol. The van der Waals surface area contributed by atoms with Crippen LogP contribution in [0, 0.1) is 13.8 Å². The van der Waals surface area contributed by atoms with E-state index in [0.717, 1.165) is 20.8 Å². The molecule has 0 amide bonds. The van der Waals surface area contributed by atoms with Crippen LogP contribution in [0.3, 0.4) is 0 Å². The van der Waals surface area contributed by atoms with Crippen molar-refractivity contribution >= 4 is 50.4 Å². The normalized spacial score (nSPS) is 11.2. The Bertz CT molecular complexity index is 824. The first-order valence-electron chi connectivity index (χ1n) is 6.08. The Labute approximate surface area is 131 Å². The van der Waals surface area contributed by atoms with Gasteiger partial charge in [-0.15, -0.1) is 11.3 Å². The molecule has 5 heteroatoms. The molecule has 1 heterocycles. The van der Waals surface area contributed by atoms with Crippen molar-refractivity contribution in [3.63, 3.8) is 0 Å². The van der Waals surface area contributed by atoms with Crippen LogP contribution < -0.4 is 5.73 Å². The predicted octanol–water partition coefficient (Wildman–Crippen LogP) is 5.47. The number of anilines is 1. The van der Waals surface area contributed by atoms with Crippen molar-refractivity contribution in [1.29, 1.82) is 0 Å². The lowest BCUT2D eigenvalue weighted by atomic mass is 10.1. The third-order valence-electron chi connectivity index (χ3n) is 3.15. The van der Waals surface area contributed by atoms with E-state index < -0.39 is 0 Å². The lowest BCUT2D eigenvalue weighted by Gasteiger charge is -2.04. The number of aryl methyl sites for hydroxylation is 2. The second-order valence-corrected chi connectivity index (χ2v) is 6.65. The highest BCUT2D eigenvalue weighted by Crippen LogP contribution is 2.38. The van der Waals surface area contributed by atoms with E-state index in [2.05, 4.69) is 26.0 Å². The van der Waals surface area contributed by atoms with Crippen molar-refractivity contribution in [1.82, 2.24) is 4.98 Å². The molecule has 0 aliphatic carbocycles. The summed E-state index contributed by atoms with van der Waals surface area (Å²) in [6.07, 6.45) is 0. The third-order valence-corrected chi connectivity index (χ3v) is 4.82. The van der Waals surface area contributed by atoms with Crippen molar-refractivity contribution in [2.45, 2.75) is 13.8 Å². The zero-order valence-electron chi connectivity index (χ0n) is 11.0. The molecule has 2 nitrogen and oxygen atoms in total. The number of rotatable bonds is 1. The molecule has 20 heavy (non-hydrogen) atoms. The zero-order valence-corrected chi connectivity index (χ0v) is 13.3. The minimum Gasteiger partial charge on any atom is -0.398 e. The largest absolute Gasteiger partial charge is 0.398 e. The molecule has 0 radical (unpaired) electrons. The van der Waals surface area contributed by atoms with E-state index >= 15 is 0 Å². The van der Waals surface area contributed by atoms with Gasteiger partial charge in [0.2, 0.25) is 0 Å². The molecule has 2 N–H and O–H groups in total. The smallest absolute Gasteiger partial charge is 0.126 e. The van der Waals surface area contributed by atoms with Gasteiger partial charge in [-0.05, 0) is 43.2 Å². The number of hydrogen-bond donors (Lipinski definition) is 1. The van der Waals surface area contributed by atoms with Crippen LogP contribution in [-0.4, -0.2) is 4.98 Å². The molecule has 1 aromatic heterocycles. The zero-order chi connectivity index (χ0) is 14.4. The van der Waals surface area contributed by atoms with Crippen molar-refractivity contribution in [3.05, 3.63) is 45.4 Å². The van der Waals surface area contributed by atoms with Crippen molar-refractivity contribution in [3.8, 4) is 10.6 Å². The third kappa shape index (κ3) is 2.26. The predicted molar refractivity (Wildman–Crippen MR) is 89.0 cm³/mol. The summed E-state index contributed by atoms with van der Waals surface area (Å²) < 4.78 is 1.15. The molecule has 0 spiro atoms. The van der Waals surface area contributed by atoms with Gasteiger partial charge >= 0.3 is 0 Å². The van der Waals surface area contributed by atoms with Crippen molar-refractivity contribution in [2.75, 3.05) is 5.73 Å². The molecule has 102 valence electrons. The summed E-state index contributed by atoms with van der Waals surface area (Å²) in [6, 6.07) is 7.71. The molecule has 3 rings (SSSR count). The van der Waals surface area contributed by atoms with E-state index in [9.17, 15) is 0 Å². The summed E-state index contributed by atoms with van der Waals surface area (Å²) in [5, 5.41) is 1.89. The molecule has 0 aliphatic heterocycles. The lowest BCUT2D eigenvalue weighted by Crippen LogP contribution is -1.88. The quantitative estimate of drug-likeness (QED) is 0.603. The molecule has 0 saturated carbocycles. The Hall–Kier alpha value is -1.29. The molecule has 0 bridgehead atoms. The minimum absolute atomic E-state index is 0.465. The van der Waals surface area contributed by atoms with Crippen LogP contribution in [0.2, 0.25) is 10.0 Å². The molecule has 0 saturated heterocycles. The number of fused-ring (bicyclic) bond motifs is 1. The highest BCUT2D eigenvalue weighted by atomic mass is 35.5. The highest BCUT2D eigenvalue weighted by molar-refractivity contribution is 7.21. The Kier molecular flexibility index (Phi) is 3.36. The maximum atomic E-state index is 6.26. The van der Waals surface area contributed by atoms with Crippen LogP contribution in [0.15, 0.2) is 24.3 Å². The van der Waals surface area contributed by atoms with Crippen LogP contribution in [0.5, 0.6) is 0 Å².